The number of fused-ring (bicyclic) bond motifs is 2. The average molecular weight is 428 g/mol. The Bertz CT molecular complexity index is 1080. The third-order valence-corrected chi connectivity index (χ3v) is 7.40. The van der Waals surface area contributed by atoms with Gasteiger partial charge in [-0.1, -0.05) is 50.6 Å². The number of rotatable bonds is 3. The van der Waals surface area contributed by atoms with E-state index >= 15 is 0 Å². The summed E-state index contributed by atoms with van der Waals surface area (Å²) in [5, 5.41) is 4.47. The lowest BCUT2D eigenvalue weighted by Gasteiger charge is -2.34. The number of benzene rings is 1. The minimum Gasteiger partial charge on any atom is -0.397 e. The molecular weight excluding hydrogens is 402 g/mol. The van der Waals surface area contributed by atoms with Crippen LogP contribution in [0, 0.1) is 11.3 Å². The van der Waals surface area contributed by atoms with Crippen molar-refractivity contribution in [1.29, 1.82) is 0 Å². The second-order valence-corrected chi connectivity index (χ2v) is 10.3. The molecule has 1 aliphatic carbocycles. The van der Waals surface area contributed by atoms with E-state index in [-0.39, 0.29) is 11.3 Å². The highest BCUT2D eigenvalue weighted by Gasteiger charge is 2.30. The number of nitrogens with two attached hydrogens (primary N) is 1. The Morgan fingerprint density at radius 1 is 1.34 bits per heavy atom. The Hall–Kier alpha value is -2.11. The van der Waals surface area contributed by atoms with E-state index in [4.69, 9.17) is 22.3 Å². The number of carbonyl (C=O) groups is 1. The number of aromatic nitrogens is 1. The van der Waals surface area contributed by atoms with Gasteiger partial charge in [0, 0.05) is 22.6 Å². The maximum Gasteiger partial charge on any atom is 0.263 e. The van der Waals surface area contributed by atoms with Gasteiger partial charge in [0.1, 0.15) is 9.71 Å². The molecule has 0 spiro atoms. The lowest BCUT2D eigenvalue weighted by Crippen LogP contribution is -2.27. The molecule has 0 saturated carbocycles. The summed E-state index contributed by atoms with van der Waals surface area (Å²) in [6, 6.07) is 9.65. The summed E-state index contributed by atoms with van der Waals surface area (Å²) in [6.07, 6.45) is 3.16. The van der Waals surface area contributed by atoms with E-state index in [0.29, 0.717) is 28.0 Å². The van der Waals surface area contributed by atoms with Crippen molar-refractivity contribution in [2.75, 3.05) is 5.73 Å². The minimum absolute atomic E-state index is 0.184. The molecule has 152 valence electrons. The predicted octanol–water partition coefficient (Wildman–Crippen LogP) is 5.61. The van der Waals surface area contributed by atoms with Crippen LogP contribution in [0.25, 0.3) is 10.2 Å². The Morgan fingerprint density at radius 2 is 2.10 bits per heavy atom. The molecule has 4 rings (SSSR count). The van der Waals surface area contributed by atoms with Gasteiger partial charge >= 0.3 is 0 Å². The first-order valence-corrected chi connectivity index (χ1v) is 11.2. The molecule has 29 heavy (non-hydrogen) atoms. The van der Waals surface area contributed by atoms with E-state index in [9.17, 15) is 4.79 Å². The van der Waals surface area contributed by atoms with Crippen LogP contribution < -0.4 is 11.1 Å². The van der Waals surface area contributed by atoms with E-state index in [1.54, 1.807) is 0 Å². The van der Waals surface area contributed by atoms with Crippen LogP contribution in [0.4, 0.5) is 5.69 Å². The third kappa shape index (κ3) is 3.99. The summed E-state index contributed by atoms with van der Waals surface area (Å²) >= 11 is 7.55. The number of thiophene rings is 1. The second kappa shape index (κ2) is 7.62. The fraction of sp³-hybridized carbons (Fsp3) is 0.391. The Balaban J connectivity index is 1.59. The number of hydrogen-bond acceptors (Lipinski definition) is 4. The van der Waals surface area contributed by atoms with E-state index in [1.165, 1.54) is 16.9 Å². The van der Waals surface area contributed by atoms with Crippen LogP contribution in [0.5, 0.6) is 0 Å². The SMILES string of the molecule is CC(C)(C)C1CCc2nc3sc(C(=O)NCc4ccccc4Cl)c(N)c3cc2C1. The molecule has 1 aromatic carbocycles. The third-order valence-electron chi connectivity index (χ3n) is 5.91. The molecule has 1 aliphatic rings. The highest BCUT2D eigenvalue weighted by Crippen LogP contribution is 2.40. The molecule has 0 aliphatic heterocycles. The summed E-state index contributed by atoms with van der Waals surface area (Å²) < 4.78 is 0. The fourth-order valence-corrected chi connectivity index (χ4v) is 5.21. The number of halogens is 1. The number of carbonyl (C=O) groups excluding carboxylic acids is 1. The molecule has 1 atom stereocenters. The monoisotopic (exact) mass is 427 g/mol. The van der Waals surface area contributed by atoms with Gasteiger partial charge in [-0.05, 0) is 53.9 Å². The number of pyridine rings is 1. The zero-order chi connectivity index (χ0) is 20.8. The minimum atomic E-state index is -0.184. The number of amides is 1. The van der Waals surface area contributed by atoms with Crippen molar-refractivity contribution in [2.45, 2.75) is 46.6 Å². The van der Waals surface area contributed by atoms with Crippen molar-refractivity contribution in [3.05, 3.63) is 57.1 Å². The molecule has 0 fully saturated rings. The largest absolute Gasteiger partial charge is 0.397 e. The quantitative estimate of drug-likeness (QED) is 0.570. The van der Waals surface area contributed by atoms with Crippen molar-refractivity contribution in [3.63, 3.8) is 0 Å². The maximum absolute atomic E-state index is 12.8. The van der Waals surface area contributed by atoms with Crippen molar-refractivity contribution in [2.24, 2.45) is 11.3 Å². The van der Waals surface area contributed by atoms with E-state index < -0.39 is 0 Å². The van der Waals surface area contributed by atoms with Gasteiger partial charge in [0.2, 0.25) is 0 Å². The summed E-state index contributed by atoms with van der Waals surface area (Å²) in [4.78, 5) is 19.0. The Labute approximate surface area is 180 Å². The molecule has 0 bridgehead atoms. The van der Waals surface area contributed by atoms with Crippen LogP contribution in [0.2, 0.25) is 5.02 Å². The van der Waals surface area contributed by atoms with Crippen LogP contribution in [-0.4, -0.2) is 10.9 Å². The number of nitrogens with one attached hydrogen (secondary N) is 1. The lowest BCUT2D eigenvalue weighted by atomic mass is 9.71. The zero-order valence-electron chi connectivity index (χ0n) is 17.0. The molecule has 6 heteroatoms. The number of hydrogen-bond donors (Lipinski definition) is 2. The molecule has 2 heterocycles. The molecule has 1 amide bonds. The van der Waals surface area contributed by atoms with Gasteiger partial charge < -0.3 is 11.1 Å². The molecule has 2 aromatic heterocycles. The standard InChI is InChI=1S/C23H26ClN3OS/c1-23(2,3)15-8-9-18-14(10-15)11-16-19(25)20(29-22(16)27-18)21(28)26-12-13-6-4-5-7-17(13)24/h4-7,11,15H,8-10,12,25H2,1-3H3,(H,26,28). The Morgan fingerprint density at radius 3 is 2.83 bits per heavy atom. The summed E-state index contributed by atoms with van der Waals surface area (Å²) in [5.41, 5.74) is 10.5. The first-order chi connectivity index (χ1) is 13.7. The van der Waals surface area contributed by atoms with Gasteiger partial charge in [0.05, 0.1) is 5.69 Å². The number of nitrogens with zero attached hydrogens (tertiary/aromatic N) is 1. The lowest BCUT2D eigenvalue weighted by molar-refractivity contribution is 0.0956. The smallest absolute Gasteiger partial charge is 0.263 e. The van der Waals surface area contributed by atoms with Crippen molar-refractivity contribution in [1.82, 2.24) is 10.3 Å². The number of aryl methyl sites for hydroxylation is 1. The van der Waals surface area contributed by atoms with Crippen LogP contribution in [-0.2, 0) is 19.4 Å². The second-order valence-electron chi connectivity index (χ2n) is 8.87. The molecular formula is C23H26ClN3OS. The topological polar surface area (TPSA) is 68.0 Å². The summed E-state index contributed by atoms with van der Waals surface area (Å²) in [5.74, 6) is 0.448. The van der Waals surface area contributed by atoms with Gasteiger partial charge in [0.25, 0.3) is 5.91 Å². The van der Waals surface area contributed by atoms with Gasteiger partial charge in [-0.3, -0.25) is 4.79 Å². The predicted molar refractivity (Wildman–Crippen MR) is 122 cm³/mol. The van der Waals surface area contributed by atoms with Crippen LogP contribution >= 0.6 is 22.9 Å². The first-order valence-electron chi connectivity index (χ1n) is 9.96. The number of nitrogen functional groups attached to an aromatic ring is 1. The first kappa shape index (κ1) is 20.2. The van der Waals surface area contributed by atoms with E-state index in [1.807, 2.05) is 24.3 Å². The van der Waals surface area contributed by atoms with E-state index in [0.717, 1.165) is 40.7 Å². The average Bonchev–Trinajstić information content (AvgIpc) is 3.00. The molecule has 1 unspecified atom stereocenters. The maximum atomic E-state index is 12.8. The van der Waals surface area contributed by atoms with Gasteiger partial charge in [0.15, 0.2) is 0 Å². The van der Waals surface area contributed by atoms with E-state index in [2.05, 4.69) is 32.2 Å². The van der Waals surface area contributed by atoms with Crippen LogP contribution in [0.1, 0.15) is 53.7 Å². The van der Waals surface area contributed by atoms with Crippen LogP contribution in [0.3, 0.4) is 0 Å². The fourth-order valence-electron chi connectivity index (χ4n) is 4.00. The van der Waals surface area contributed by atoms with Gasteiger partial charge in [-0.15, -0.1) is 11.3 Å². The molecule has 4 nitrogen and oxygen atoms in total. The van der Waals surface area contributed by atoms with Crippen molar-refractivity contribution >= 4 is 44.7 Å². The highest BCUT2D eigenvalue weighted by atomic mass is 35.5. The summed E-state index contributed by atoms with van der Waals surface area (Å²) in [6.45, 7) is 7.27. The van der Waals surface area contributed by atoms with Crippen LogP contribution in [0.15, 0.2) is 30.3 Å². The molecule has 3 aromatic rings. The van der Waals surface area contributed by atoms with Crippen molar-refractivity contribution in [3.8, 4) is 0 Å². The van der Waals surface area contributed by atoms with Gasteiger partial charge in [-0.25, -0.2) is 4.98 Å². The normalized spacial score (nSPS) is 16.6. The molecule has 0 saturated heterocycles. The summed E-state index contributed by atoms with van der Waals surface area (Å²) in [7, 11) is 0. The Kier molecular flexibility index (Phi) is 5.30. The van der Waals surface area contributed by atoms with Crippen molar-refractivity contribution < 1.29 is 4.79 Å². The van der Waals surface area contributed by atoms with Gasteiger partial charge in [-0.2, -0.15) is 0 Å². The molecule has 0 radical (unpaired) electrons. The zero-order valence-corrected chi connectivity index (χ0v) is 18.6. The molecule has 3 N–H and O–H groups in total. The number of anilines is 1. The highest BCUT2D eigenvalue weighted by molar-refractivity contribution is 7.21.